The Balaban J connectivity index is 0.000000751. The molecule has 0 amide bonds. The number of carbonyl (C=O) groups is 2. The van der Waals surface area contributed by atoms with Gasteiger partial charge in [0.15, 0.2) is 23.0 Å². The molecule has 386 valence electrons. The van der Waals surface area contributed by atoms with Crippen LogP contribution in [0.5, 0.6) is 23.0 Å². The number of carboxylic acids is 2. The van der Waals surface area contributed by atoms with Crippen LogP contribution >= 0.6 is 0 Å². The molecule has 0 saturated heterocycles. The monoisotopic (exact) mass is 1010 g/mol. The summed E-state index contributed by atoms with van der Waals surface area (Å²) in [6.07, 6.45) is 26.8. The largest absolute Gasteiger partial charge is 2.00 e. The first kappa shape index (κ1) is 63.0. The molecule has 11 heteroatoms. The minimum atomic E-state index is -1.48. The van der Waals surface area contributed by atoms with Crippen molar-refractivity contribution in [3.8, 4) is 46.7 Å². The second-order valence-corrected chi connectivity index (χ2v) is 17.3. The average molecular weight is 1010 g/mol. The molecule has 0 bridgehead atoms. The molecule has 0 spiro atoms. The van der Waals surface area contributed by atoms with Gasteiger partial charge in [0.1, 0.15) is 0 Å². The molecule has 0 heterocycles. The number of aryl methyl sites for hydroxylation is 2. The third-order valence-corrected chi connectivity index (χ3v) is 11.8. The van der Waals surface area contributed by atoms with E-state index in [1.807, 2.05) is 13.8 Å². The molecule has 10 nitrogen and oxygen atoms in total. The van der Waals surface area contributed by atoms with Crippen molar-refractivity contribution in [1.29, 1.82) is 0 Å². The van der Waals surface area contributed by atoms with Gasteiger partial charge in [-0.25, -0.2) is 0 Å². The van der Waals surface area contributed by atoms with Crippen molar-refractivity contribution in [3.63, 3.8) is 0 Å². The van der Waals surface area contributed by atoms with Gasteiger partial charge in [-0.05, 0) is 124 Å². The molecular weight excluding hydrogens is 935 g/mol. The Morgan fingerprint density at radius 1 is 0.451 bits per heavy atom. The van der Waals surface area contributed by atoms with Gasteiger partial charge in [0.25, 0.3) is 0 Å². The van der Waals surface area contributed by atoms with Gasteiger partial charge >= 0.3 is 16.5 Å². The topological polar surface area (TPSA) is 186 Å². The number of unbranched alkanes of at least 4 members (excludes halogenated alkanes) is 16. The van der Waals surface area contributed by atoms with E-state index in [9.17, 15) is 30.0 Å². The quantitative estimate of drug-likeness (QED) is 0.0149. The van der Waals surface area contributed by atoms with Crippen LogP contribution in [0.15, 0.2) is 82.8 Å². The van der Waals surface area contributed by atoms with Crippen molar-refractivity contribution >= 4 is 34.7 Å². The zero-order valence-electron chi connectivity index (χ0n) is 43.1. The third kappa shape index (κ3) is 24.6. The summed E-state index contributed by atoms with van der Waals surface area (Å²) in [5, 5.41) is 57.6. The Morgan fingerprint density at radius 3 is 1.01 bits per heavy atom. The fourth-order valence-electron chi connectivity index (χ4n) is 7.86. The van der Waals surface area contributed by atoms with E-state index in [0.29, 0.717) is 24.0 Å². The zero-order valence-corrected chi connectivity index (χ0v) is 44.1. The summed E-state index contributed by atoms with van der Waals surface area (Å²) in [5.74, 6) is 7.18. The average Bonchev–Trinajstić information content (AvgIpc) is 3.35. The van der Waals surface area contributed by atoms with E-state index in [1.165, 1.54) is 127 Å². The van der Waals surface area contributed by atoms with Crippen LogP contribution in [0.2, 0.25) is 0 Å². The van der Waals surface area contributed by atoms with Crippen LogP contribution in [0.3, 0.4) is 0 Å². The van der Waals surface area contributed by atoms with Crippen LogP contribution in [-0.2, 0) is 29.3 Å². The van der Waals surface area contributed by atoms with Gasteiger partial charge in [-0.1, -0.05) is 154 Å². The predicted octanol–water partition coefficient (Wildman–Crippen LogP) is 13.2. The standard InChI is InChI=1S/C42H60N2.2C9H10O4.Ni/c1-5-9-11-13-15-16-17-18-19-20-22-24-28-42(44-40-35-31-38(26-8-4)32-36-40)41(27-23-21-14-12-10-6-2)43-39-33-29-37(25-7-3)30-34-39;2*1-2-5-3-4-6(10)8(11)7(5)9(12)13;/h29-36H,5-6,9-24,27-28H2,1-4H3;2*3-4,10-11H,2H2,1H3,(H,12,13);/q;;;+2/p-2. The normalized spacial score (nSPS) is 10.8. The summed E-state index contributed by atoms with van der Waals surface area (Å²) in [7, 11) is 0. The van der Waals surface area contributed by atoms with Crippen LogP contribution < -0.4 is 10.2 Å². The molecule has 0 aliphatic rings. The Kier molecular flexibility index (Phi) is 33.5. The number of rotatable bonds is 27. The maximum Gasteiger partial charge on any atom is 2.00 e. The van der Waals surface area contributed by atoms with Crippen LogP contribution in [0.4, 0.5) is 11.4 Å². The molecule has 0 atom stereocenters. The van der Waals surface area contributed by atoms with Crippen molar-refractivity contribution in [2.45, 2.75) is 183 Å². The summed E-state index contributed by atoms with van der Waals surface area (Å²) < 4.78 is 0. The number of phenols is 4. The number of aromatic hydroxyl groups is 4. The maximum absolute atomic E-state index is 10.6. The van der Waals surface area contributed by atoms with E-state index in [4.69, 9.17) is 20.2 Å². The van der Waals surface area contributed by atoms with Gasteiger partial charge in [0.05, 0.1) is 34.7 Å². The number of carboxylic acid groups (broad SMARTS) is 2. The third-order valence-electron chi connectivity index (χ3n) is 11.8. The van der Waals surface area contributed by atoms with E-state index in [0.717, 1.165) is 59.6 Å². The predicted molar refractivity (Wildman–Crippen MR) is 283 cm³/mol. The van der Waals surface area contributed by atoms with E-state index in [2.05, 4.69) is 86.1 Å². The zero-order chi connectivity index (χ0) is 51.5. The molecule has 4 aromatic rings. The number of carbonyl (C=O) groups excluding carboxylic acids is 2. The molecule has 0 aliphatic carbocycles. The van der Waals surface area contributed by atoms with Crippen molar-refractivity contribution in [2.24, 2.45) is 9.98 Å². The van der Waals surface area contributed by atoms with Crippen LogP contribution in [0, 0.1) is 23.7 Å². The fraction of sp³-hybridized carbons (Fsp3) is 0.467. The number of hydrogen-bond acceptors (Lipinski definition) is 10. The summed E-state index contributed by atoms with van der Waals surface area (Å²) in [4.78, 5) is 31.6. The molecule has 4 rings (SSSR count). The summed E-state index contributed by atoms with van der Waals surface area (Å²) >= 11 is 0. The van der Waals surface area contributed by atoms with Crippen molar-refractivity contribution in [1.82, 2.24) is 0 Å². The van der Waals surface area contributed by atoms with Crippen molar-refractivity contribution in [2.75, 3.05) is 0 Å². The Bertz CT molecular complexity index is 2300. The fourth-order valence-corrected chi connectivity index (χ4v) is 7.86. The number of aliphatic imine (C=N–C) groups is 2. The molecule has 4 aromatic carbocycles. The van der Waals surface area contributed by atoms with Gasteiger partial charge in [-0.15, -0.1) is 11.8 Å². The number of nitrogens with zero attached hydrogens (tertiary/aromatic N) is 2. The first-order chi connectivity index (χ1) is 33.8. The summed E-state index contributed by atoms with van der Waals surface area (Å²) in [5.41, 5.74) is 6.56. The van der Waals surface area contributed by atoms with E-state index in [-0.39, 0.29) is 27.6 Å². The van der Waals surface area contributed by atoms with Gasteiger partial charge in [0, 0.05) is 22.3 Å². The maximum atomic E-state index is 10.6. The molecule has 0 aliphatic heterocycles. The second-order valence-electron chi connectivity index (χ2n) is 17.3. The second kappa shape index (κ2) is 37.8. The van der Waals surface area contributed by atoms with Crippen molar-refractivity contribution < 1.29 is 56.7 Å². The molecule has 0 aromatic heterocycles. The van der Waals surface area contributed by atoms with E-state index < -0.39 is 34.9 Å². The Hall–Kier alpha value is -6.03. The summed E-state index contributed by atoms with van der Waals surface area (Å²) in [6, 6.07) is 22.1. The van der Waals surface area contributed by atoms with Gasteiger partial charge in [0.2, 0.25) is 0 Å². The molecule has 0 fully saturated rings. The minimum absolute atomic E-state index is 0. The van der Waals surface area contributed by atoms with Crippen LogP contribution in [0.25, 0.3) is 0 Å². The molecule has 0 unspecified atom stereocenters. The van der Waals surface area contributed by atoms with Crippen LogP contribution in [0.1, 0.15) is 213 Å². The van der Waals surface area contributed by atoms with E-state index >= 15 is 0 Å². The molecule has 0 radical (unpaired) electrons. The Morgan fingerprint density at radius 2 is 0.746 bits per heavy atom. The molecular formula is C60H78N2NiO8. The number of aromatic carboxylic acids is 2. The SMILES string of the molecule is CC#Cc1ccc(N=C(CCCCCCCC)C(CCCCCCCCCCCCCC)=Nc2ccc(C#CC)cc2)cc1.CCc1ccc(O)c(O)c1C(=O)[O-].CCc1ccc(O)c(O)c1C(=O)[O-].[Ni+2]. The molecule has 71 heavy (non-hydrogen) atoms. The van der Waals surface area contributed by atoms with Gasteiger partial charge < -0.3 is 40.2 Å². The number of benzene rings is 4. The molecule has 0 saturated carbocycles. The minimum Gasteiger partial charge on any atom is -0.545 e. The van der Waals surface area contributed by atoms with Crippen LogP contribution in [-0.4, -0.2) is 43.8 Å². The van der Waals surface area contributed by atoms with Crippen molar-refractivity contribution in [3.05, 3.63) is 106 Å². The number of hydrogen-bond donors (Lipinski definition) is 4. The first-order valence-corrected chi connectivity index (χ1v) is 25.6. The first-order valence-electron chi connectivity index (χ1n) is 25.6. The van der Waals surface area contributed by atoms with Gasteiger partial charge in [-0.3, -0.25) is 9.98 Å². The summed E-state index contributed by atoms with van der Waals surface area (Å²) in [6.45, 7) is 11.8. The Labute approximate surface area is 435 Å². The van der Waals surface area contributed by atoms with E-state index in [1.54, 1.807) is 13.8 Å². The van der Waals surface area contributed by atoms with Gasteiger partial charge in [-0.2, -0.15) is 0 Å². The molecule has 4 N–H and O–H groups in total. The number of phenolic OH excluding ortho intramolecular Hbond substituents is 2. The smallest absolute Gasteiger partial charge is 0.545 e.